The van der Waals surface area contributed by atoms with Gasteiger partial charge in [0.25, 0.3) is 0 Å². The van der Waals surface area contributed by atoms with E-state index >= 15 is 0 Å². The monoisotopic (exact) mass is 491 g/mol. The molecule has 186 valence electrons. The molecule has 35 heavy (non-hydrogen) atoms. The molecule has 5 rings (SSSR count). The summed E-state index contributed by atoms with van der Waals surface area (Å²) in [6.07, 6.45) is 5.49. The number of rotatable bonds is 5. The maximum absolute atomic E-state index is 13.0. The van der Waals surface area contributed by atoms with Crippen LogP contribution in [0, 0.1) is 5.92 Å². The number of piperazine rings is 1. The van der Waals surface area contributed by atoms with Crippen LogP contribution in [0.25, 0.3) is 10.2 Å². The minimum atomic E-state index is -0.0204. The van der Waals surface area contributed by atoms with Crippen LogP contribution in [-0.2, 0) is 19.3 Å². The van der Waals surface area contributed by atoms with Gasteiger partial charge in [-0.25, -0.2) is 14.8 Å². The molecule has 2 aliphatic rings. The van der Waals surface area contributed by atoms with E-state index in [1.165, 1.54) is 27.8 Å². The third-order valence-corrected chi connectivity index (χ3v) is 8.81. The quantitative estimate of drug-likeness (QED) is 0.458. The number of amides is 2. The average Bonchev–Trinajstić information content (AvgIpc) is 3.25. The van der Waals surface area contributed by atoms with Crippen molar-refractivity contribution in [2.24, 2.45) is 5.92 Å². The molecule has 2 aromatic heterocycles. The number of anilines is 2. The number of hydrogen-bond donors (Lipinski definition) is 1. The van der Waals surface area contributed by atoms with E-state index in [1.807, 2.05) is 28.4 Å². The van der Waals surface area contributed by atoms with Crippen LogP contribution in [0.5, 0.6) is 0 Å². The highest BCUT2D eigenvalue weighted by Gasteiger charge is 2.29. The first-order chi connectivity index (χ1) is 17.0. The number of thiophene rings is 1. The van der Waals surface area contributed by atoms with Crippen molar-refractivity contribution in [1.29, 1.82) is 0 Å². The number of carbonyl (C=O) groups is 1. The van der Waals surface area contributed by atoms with Gasteiger partial charge < -0.3 is 15.1 Å². The summed E-state index contributed by atoms with van der Waals surface area (Å²) in [6.45, 7) is 11.9. The van der Waals surface area contributed by atoms with Crippen LogP contribution in [0.15, 0.2) is 24.3 Å². The largest absolute Gasteiger partial charge is 0.352 e. The Hall–Kier alpha value is -2.67. The minimum Gasteiger partial charge on any atom is -0.352 e. The maximum Gasteiger partial charge on any atom is 0.321 e. The number of nitrogens with zero attached hydrogens (tertiary/aromatic N) is 4. The van der Waals surface area contributed by atoms with Gasteiger partial charge in [-0.1, -0.05) is 39.8 Å². The summed E-state index contributed by atoms with van der Waals surface area (Å²) in [5.41, 5.74) is 3.57. The summed E-state index contributed by atoms with van der Waals surface area (Å²) < 4.78 is 0. The van der Waals surface area contributed by atoms with Crippen LogP contribution in [0.2, 0.25) is 0 Å². The van der Waals surface area contributed by atoms with Gasteiger partial charge in [0, 0.05) is 42.7 Å². The van der Waals surface area contributed by atoms with E-state index in [4.69, 9.17) is 9.97 Å². The standard InChI is InChI=1S/C28H37N5OS/c1-5-19(4)25-30-26(24-22-11-10-18(3)16-23(22)35-27(24)31-25)32-12-14-33(15-13-32)28(34)29-21-9-7-8-20(6-2)17-21/h7-9,17-19H,5-6,10-16H2,1-4H3,(H,29,34)/t18-,19-/m1/s1. The van der Waals surface area contributed by atoms with Gasteiger partial charge >= 0.3 is 6.03 Å². The van der Waals surface area contributed by atoms with Crippen LogP contribution >= 0.6 is 11.3 Å². The Morgan fingerprint density at radius 2 is 2.00 bits per heavy atom. The Labute approximate surface area is 212 Å². The predicted molar refractivity (Wildman–Crippen MR) is 146 cm³/mol. The summed E-state index contributed by atoms with van der Waals surface area (Å²) >= 11 is 1.88. The van der Waals surface area contributed by atoms with Crippen molar-refractivity contribution in [2.75, 3.05) is 36.4 Å². The number of fused-ring (bicyclic) bond motifs is 3. The first-order valence-electron chi connectivity index (χ1n) is 13.2. The number of benzene rings is 1. The molecule has 0 unspecified atom stereocenters. The van der Waals surface area contributed by atoms with E-state index in [0.29, 0.717) is 19.0 Å². The topological polar surface area (TPSA) is 61.4 Å². The van der Waals surface area contributed by atoms with Crippen LogP contribution in [0.1, 0.15) is 68.3 Å². The molecule has 1 saturated heterocycles. The smallest absolute Gasteiger partial charge is 0.321 e. The summed E-state index contributed by atoms with van der Waals surface area (Å²) in [5, 5.41) is 4.36. The van der Waals surface area contributed by atoms with E-state index in [-0.39, 0.29) is 6.03 Å². The second-order valence-electron chi connectivity index (χ2n) is 10.2. The lowest BCUT2D eigenvalue weighted by molar-refractivity contribution is 0.208. The highest BCUT2D eigenvalue weighted by atomic mass is 32.1. The SMILES string of the molecule is CCc1cccc(NC(=O)N2CCN(c3nc([C@H](C)CC)nc4sc5c(c34)CC[C@@H](C)C5)CC2)c1. The predicted octanol–water partition coefficient (Wildman–Crippen LogP) is 6.25. The number of urea groups is 1. The van der Waals surface area contributed by atoms with Crippen molar-refractivity contribution in [1.82, 2.24) is 14.9 Å². The zero-order valence-electron chi connectivity index (χ0n) is 21.4. The van der Waals surface area contributed by atoms with Crippen molar-refractivity contribution in [3.8, 4) is 0 Å². The first-order valence-corrected chi connectivity index (χ1v) is 14.0. The Balaban J connectivity index is 1.37. The second-order valence-corrected chi connectivity index (χ2v) is 11.3. The Morgan fingerprint density at radius 1 is 1.20 bits per heavy atom. The molecule has 0 bridgehead atoms. The van der Waals surface area contributed by atoms with Crippen molar-refractivity contribution in [2.45, 2.75) is 65.7 Å². The van der Waals surface area contributed by atoms with Gasteiger partial charge in [-0.3, -0.25) is 0 Å². The van der Waals surface area contributed by atoms with Crippen molar-refractivity contribution in [3.05, 3.63) is 46.1 Å². The Kier molecular flexibility index (Phi) is 6.96. The van der Waals surface area contributed by atoms with E-state index in [0.717, 1.165) is 66.9 Å². The van der Waals surface area contributed by atoms with Crippen molar-refractivity contribution in [3.63, 3.8) is 0 Å². The van der Waals surface area contributed by atoms with Gasteiger partial charge in [-0.05, 0) is 61.3 Å². The van der Waals surface area contributed by atoms with Gasteiger partial charge in [0.1, 0.15) is 16.5 Å². The third kappa shape index (κ3) is 4.88. The normalized spacial score (nSPS) is 19.0. The fourth-order valence-corrected chi connectivity index (χ4v) is 6.55. The van der Waals surface area contributed by atoms with Gasteiger partial charge in [0.05, 0.1) is 5.39 Å². The van der Waals surface area contributed by atoms with E-state index < -0.39 is 0 Å². The van der Waals surface area contributed by atoms with E-state index in [9.17, 15) is 4.79 Å². The molecule has 7 heteroatoms. The molecule has 6 nitrogen and oxygen atoms in total. The molecule has 2 atom stereocenters. The van der Waals surface area contributed by atoms with Crippen LogP contribution in [0.4, 0.5) is 16.3 Å². The second kappa shape index (κ2) is 10.1. The molecular weight excluding hydrogens is 454 g/mol. The van der Waals surface area contributed by atoms with Gasteiger partial charge in [0.15, 0.2) is 0 Å². The minimum absolute atomic E-state index is 0.0204. The third-order valence-electron chi connectivity index (χ3n) is 7.66. The molecule has 1 aliphatic heterocycles. The highest BCUT2D eigenvalue weighted by molar-refractivity contribution is 7.19. The number of aryl methyl sites for hydroxylation is 2. The van der Waals surface area contributed by atoms with E-state index in [1.54, 1.807) is 0 Å². The Bertz CT molecular complexity index is 1210. The summed E-state index contributed by atoms with van der Waals surface area (Å²) in [4.78, 5) is 30.1. The average molecular weight is 492 g/mol. The number of carbonyl (C=O) groups excluding carboxylic acids is 1. The lowest BCUT2D eigenvalue weighted by atomic mass is 9.89. The summed E-state index contributed by atoms with van der Waals surface area (Å²) in [5.74, 6) is 3.12. The van der Waals surface area contributed by atoms with Gasteiger partial charge in [-0.2, -0.15) is 0 Å². The Morgan fingerprint density at radius 3 is 2.74 bits per heavy atom. The lowest BCUT2D eigenvalue weighted by Crippen LogP contribution is -2.50. The fourth-order valence-electron chi connectivity index (χ4n) is 5.16. The van der Waals surface area contributed by atoms with Crippen molar-refractivity contribution < 1.29 is 4.79 Å². The number of hydrogen-bond acceptors (Lipinski definition) is 5. The number of nitrogens with one attached hydrogen (secondary N) is 1. The van der Waals surface area contributed by atoms with Gasteiger partial charge in [-0.15, -0.1) is 11.3 Å². The van der Waals surface area contributed by atoms with E-state index in [2.05, 4.69) is 50.0 Å². The molecule has 3 aromatic rings. The van der Waals surface area contributed by atoms with Crippen LogP contribution in [0.3, 0.4) is 0 Å². The summed E-state index contributed by atoms with van der Waals surface area (Å²) in [7, 11) is 0. The zero-order valence-corrected chi connectivity index (χ0v) is 22.2. The number of aromatic nitrogens is 2. The molecule has 0 spiro atoms. The lowest BCUT2D eigenvalue weighted by Gasteiger charge is -2.36. The first kappa shape index (κ1) is 24.0. The fraction of sp³-hybridized carbons (Fsp3) is 0.536. The molecular formula is C28H37N5OS. The zero-order chi connectivity index (χ0) is 24.5. The molecule has 1 aromatic carbocycles. The molecule has 0 radical (unpaired) electrons. The maximum atomic E-state index is 13.0. The molecule has 0 saturated carbocycles. The van der Waals surface area contributed by atoms with Crippen LogP contribution < -0.4 is 10.2 Å². The molecule has 3 heterocycles. The summed E-state index contributed by atoms with van der Waals surface area (Å²) in [6, 6.07) is 8.09. The van der Waals surface area contributed by atoms with Crippen molar-refractivity contribution >= 4 is 39.1 Å². The van der Waals surface area contributed by atoms with Crippen LogP contribution in [-0.4, -0.2) is 47.1 Å². The molecule has 2 amide bonds. The molecule has 1 aliphatic carbocycles. The van der Waals surface area contributed by atoms with Gasteiger partial charge in [0.2, 0.25) is 0 Å². The molecule has 1 N–H and O–H groups in total. The molecule has 1 fully saturated rings. The highest BCUT2D eigenvalue weighted by Crippen LogP contribution is 2.42.